The number of aromatic nitrogens is 3. The molecule has 0 spiro atoms. The summed E-state index contributed by atoms with van der Waals surface area (Å²) < 4.78 is 0. The fourth-order valence-electron chi connectivity index (χ4n) is 2.52. The van der Waals surface area contributed by atoms with Crippen LogP contribution in [-0.2, 0) is 0 Å². The normalized spacial score (nSPS) is 12.8. The molecule has 0 amide bonds. The van der Waals surface area contributed by atoms with Gasteiger partial charge in [0.25, 0.3) is 0 Å². The van der Waals surface area contributed by atoms with Crippen molar-refractivity contribution >= 4 is 23.2 Å². The van der Waals surface area contributed by atoms with Crippen molar-refractivity contribution in [3.05, 3.63) is 42.2 Å². The molecule has 1 aliphatic heterocycles. The van der Waals surface area contributed by atoms with Crippen LogP contribution in [0.3, 0.4) is 0 Å². The number of nitrogens with two attached hydrogens (primary N) is 2. The van der Waals surface area contributed by atoms with Crippen LogP contribution in [0.2, 0.25) is 0 Å². The first-order valence-corrected chi connectivity index (χ1v) is 12.9. The van der Waals surface area contributed by atoms with Crippen LogP contribution in [0.1, 0.15) is 73.2 Å². The summed E-state index contributed by atoms with van der Waals surface area (Å²) in [5, 5.41) is 16.5. The summed E-state index contributed by atoms with van der Waals surface area (Å²) in [7, 11) is 0. The third-order valence-electron chi connectivity index (χ3n) is 3.97. The molecule has 10 nitrogen and oxygen atoms in total. The number of aliphatic imine (C=N–C) groups is 1. The molecule has 1 saturated heterocycles. The van der Waals surface area contributed by atoms with Crippen molar-refractivity contribution in [2.24, 2.45) is 16.5 Å². The first-order valence-electron chi connectivity index (χ1n) is 12.9. The lowest BCUT2D eigenvalue weighted by Gasteiger charge is -2.27. The highest BCUT2D eigenvalue weighted by Crippen LogP contribution is 2.24. The number of pyridine rings is 1. The van der Waals surface area contributed by atoms with Gasteiger partial charge in [0.2, 0.25) is 0 Å². The lowest BCUT2D eigenvalue weighted by Crippen LogP contribution is -2.49. The summed E-state index contributed by atoms with van der Waals surface area (Å²) in [5.74, 6) is 0.853. The van der Waals surface area contributed by atoms with Crippen LogP contribution in [0.4, 0.5) is 11.5 Å². The van der Waals surface area contributed by atoms with Gasteiger partial charge in [-0.05, 0) is 6.92 Å². The number of anilines is 2. The smallest absolute Gasteiger partial charge is 0.196 e. The SMILES string of the molecule is CC.CC.CC.CCC.Cc1cnc(Nc2cnc(/C(N)=C/N=C(N)N3CCNCC3)c(O)c2)cn1. The summed E-state index contributed by atoms with van der Waals surface area (Å²) in [4.78, 5) is 18.7. The number of guanidine groups is 1. The quantitative estimate of drug-likeness (QED) is 0.298. The second-order valence-electron chi connectivity index (χ2n) is 6.78. The average Bonchev–Trinajstić information content (AvgIpc) is 2.93. The Hall–Kier alpha value is -3.40. The zero-order valence-electron chi connectivity index (χ0n) is 23.8. The zero-order chi connectivity index (χ0) is 27.9. The zero-order valence-corrected chi connectivity index (χ0v) is 23.8. The van der Waals surface area contributed by atoms with Gasteiger partial charge in [0.1, 0.15) is 17.3 Å². The Bertz CT molecular complexity index is 862. The fraction of sp³-hybridized carbons (Fsp3) is 0.538. The summed E-state index contributed by atoms with van der Waals surface area (Å²) in [6.45, 7) is 21.4. The van der Waals surface area contributed by atoms with E-state index in [1.54, 1.807) is 18.6 Å². The van der Waals surface area contributed by atoms with E-state index in [0.717, 1.165) is 31.9 Å². The van der Waals surface area contributed by atoms with Crippen molar-refractivity contribution in [3.63, 3.8) is 0 Å². The van der Waals surface area contributed by atoms with E-state index < -0.39 is 0 Å². The third kappa shape index (κ3) is 13.5. The van der Waals surface area contributed by atoms with E-state index >= 15 is 0 Å². The summed E-state index contributed by atoms with van der Waals surface area (Å²) >= 11 is 0. The number of piperazine rings is 1. The van der Waals surface area contributed by atoms with Gasteiger partial charge in [-0.25, -0.2) is 15.0 Å². The minimum absolute atomic E-state index is 0.0789. The second-order valence-corrected chi connectivity index (χ2v) is 6.78. The Labute approximate surface area is 218 Å². The molecule has 0 aromatic carbocycles. The van der Waals surface area contributed by atoms with E-state index in [4.69, 9.17) is 11.5 Å². The van der Waals surface area contributed by atoms with Gasteiger partial charge in [-0.2, -0.15) is 0 Å². The predicted octanol–water partition coefficient (Wildman–Crippen LogP) is 4.60. The highest BCUT2D eigenvalue weighted by Gasteiger charge is 2.12. The molecule has 10 heteroatoms. The maximum Gasteiger partial charge on any atom is 0.196 e. The van der Waals surface area contributed by atoms with Gasteiger partial charge in [-0.15, -0.1) is 0 Å². The summed E-state index contributed by atoms with van der Waals surface area (Å²) in [6, 6.07) is 1.51. The van der Waals surface area contributed by atoms with Gasteiger partial charge >= 0.3 is 0 Å². The minimum Gasteiger partial charge on any atom is -0.506 e. The van der Waals surface area contributed by atoms with Crippen LogP contribution < -0.4 is 22.1 Å². The molecule has 2 aromatic rings. The first kappa shape index (κ1) is 34.8. The van der Waals surface area contributed by atoms with Gasteiger partial charge in [-0.1, -0.05) is 61.8 Å². The van der Waals surface area contributed by atoms with Gasteiger partial charge in [0.05, 0.1) is 41.9 Å². The average molecular weight is 504 g/mol. The Balaban J connectivity index is 0. The Morgan fingerprint density at radius 3 is 2.11 bits per heavy atom. The van der Waals surface area contributed by atoms with Crippen LogP contribution in [0.5, 0.6) is 5.75 Å². The van der Waals surface area contributed by atoms with Crippen LogP contribution >= 0.6 is 0 Å². The van der Waals surface area contributed by atoms with Gasteiger partial charge in [0.15, 0.2) is 5.96 Å². The van der Waals surface area contributed by atoms with Crippen molar-refractivity contribution in [1.82, 2.24) is 25.2 Å². The molecule has 0 saturated carbocycles. The maximum atomic E-state index is 10.2. The van der Waals surface area contributed by atoms with Crippen molar-refractivity contribution < 1.29 is 5.11 Å². The molecule has 2 aromatic heterocycles. The number of nitrogens with one attached hydrogen (secondary N) is 2. The largest absolute Gasteiger partial charge is 0.506 e. The van der Waals surface area contributed by atoms with E-state index in [1.807, 2.05) is 53.4 Å². The van der Waals surface area contributed by atoms with Crippen LogP contribution in [0.25, 0.3) is 5.70 Å². The molecular formula is C26H49N9O. The Kier molecular flexibility index (Phi) is 21.3. The van der Waals surface area contributed by atoms with Crippen molar-refractivity contribution in [2.75, 3.05) is 31.5 Å². The van der Waals surface area contributed by atoms with Crippen molar-refractivity contribution in [2.45, 2.75) is 68.7 Å². The minimum atomic E-state index is -0.0789. The Morgan fingerprint density at radius 1 is 1.03 bits per heavy atom. The number of aryl methyl sites for hydroxylation is 1. The number of nitrogens with zero attached hydrogens (tertiary/aromatic N) is 5. The second kappa shape index (κ2) is 22.1. The summed E-state index contributed by atoms with van der Waals surface area (Å²) in [6.07, 6.45) is 7.44. The molecule has 36 heavy (non-hydrogen) atoms. The van der Waals surface area contributed by atoms with E-state index in [9.17, 15) is 5.11 Å². The number of hydrogen-bond donors (Lipinski definition) is 5. The lowest BCUT2D eigenvalue weighted by atomic mass is 10.2. The Morgan fingerprint density at radius 2 is 1.61 bits per heavy atom. The van der Waals surface area contributed by atoms with E-state index in [2.05, 4.69) is 44.4 Å². The number of aromatic hydroxyl groups is 1. The fourth-order valence-corrected chi connectivity index (χ4v) is 2.52. The van der Waals surface area contributed by atoms with Crippen molar-refractivity contribution in [3.8, 4) is 5.75 Å². The predicted molar refractivity (Wildman–Crippen MR) is 154 cm³/mol. The van der Waals surface area contributed by atoms with Crippen LogP contribution in [-0.4, -0.2) is 57.1 Å². The highest BCUT2D eigenvalue weighted by atomic mass is 16.3. The van der Waals surface area contributed by atoms with E-state index in [1.165, 1.54) is 18.7 Å². The molecule has 1 aliphatic rings. The molecule has 0 atom stereocenters. The third-order valence-corrected chi connectivity index (χ3v) is 3.97. The molecule has 0 radical (unpaired) electrons. The molecule has 0 bridgehead atoms. The topological polar surface area (TPSA) is 151 Å². The van der Waals surface area contributed by atoms with Crippen LogP contribution in [0, 0.1) is 6.92 Å². The molecule has 0 unspecified atom stereocenters. The molecule has 0 aliphatic carbocycles. The standard InChI is InChI=1S/C17H23N9O.C3H8.3C2H6/c1-11-7-22-15(10-21-11)25-12-6-14(27)16(23-8-12)13(18)9-24-17(19)26-4-2-20-3-5-26;1-3-2;3*1-2/h6-10,20,27H,2-5,18H2,1H3,(H2,19,24)(H,22,25);3H2,1-2H3;3*1-2H3/b13-9-;;;;. The highest BCUT2D eigenvalue weighted by molar-refractivity contribution is 5.80. The van der Waals surface area contributed by atoms with Gasteiger partial charge < -0.3 is 32.1 Å². The van der Waals surface area contributed by atoms with Gasteiger partial charge in [0, 0.05) is 32.2 Å². The molecular weight excluding hydrogens is 454 g/mol. The van der Waals surface area contributed by atoms with E-state index in [0.29, 0.717) is 17.5 Å². The van der Waals surface area contributed by atoms with E-state index in [-0.39, 0.29) is 17.1 Å². The number of rotatable bonds is 4. The van der Waals surface area contributed by atoms with Crippen molar-refractivity contribution in [1.29, 1.82) is 0 Å². The van der Waals surface area contributed by atoms with Crippen LogP contribution in [0.15, 0.2) is 35.8 Å². The molecule has 3 heterocycles. The molecule has 1 fully saturated rings. The van der Waals surface area contributed by atoms with Gasteiger partial charge in [-0.3, -0.25) is 4.98 Å². The maximum absolute atomic E-state index is 10.2. The molecule has 204 valence electrons. The number of hydrogen-bond acceptors (Lipinski definition) is 8. The monoisotopic (exact) mass is 503 g/mol. The lowest BCUT2D eigenvalue weighted by molar-refractivity contribution is 0.354. The summed E-state index contributed by atoms with van der Waals surface area (Å²) in [5.41, 5.74) is 13.8. The first-order chi connectivity index (χ1) is 17.4. The molecule has 3 rings (SSSR count). The molecule has 7 N–H and O–H groups in total.